The molecule has 0 saturated heterocycles. The van der Waals surface area contributed by atoms with Gasteiger partial charge < -0.3 is 13.7 Å². The van der Waals surface area contributed by atoms with Crippen LogP contribution in [0.5, 0.6) is 0 Å². The lowest BCUT2D eigenvalue weighted by Gasteiger charge is -2.32. The molecule has 3 nitrogen and oxygen atoms in total. The van der Waals surface area contributed by atoms with Crippen LogP contribution in [0.4, 0.5) is 17.1 Å². The Bertz CT molecular complexity index is 4090. The molecule has 0 aliphatic heterocycles. The number of thiophene rings is 1. The van der Waals surface area contributed by atoms with Crippen LogP contribution in [0.3, 0.4) is 0 Å². The predicted molar refractivity (Wildman–Crippen MR) is 270 cm³/mol. The lowest BCUT2D eigenvalue weighted by atomic mass is 9.70. The number of rotatable bonds is 4. The summed E-state index contributed by atoms with van der Waals surface area (Å²) < 4.78 is 16.1. The lowest BCUT2D eigenvalue weighted by Crippen LogP contribution is -2.26. The van der Waals surface area contributed by atoms with Crippen LogP contribution in [-0.2, 0) is 5.41 Å². The first-order valence-corrected chi connectivity index (χ1v) is 23.1. The Morgan fingerprint density at radius 2 is 0.923 bits per heavy atom. The van der Waals surface area contributed by atoms with Crippen LogP contribution in [0.2, 0.25) is 0 Å². The van der Waals surface area contributed by atoms with Crippen LogP contribution >= 0.6 is 11.3 Å². The van der Waals surface area contributed by atoms with Gasteiger partial charge in [-0.2, -0.15) is 0 Å². The average molecular weight is 846 g/mol. The molecule has 0 saturated carbocycles. The van der Waals surface area contributed by atoms with E-state index in [-0.39, 0.29) is 0 Å². The van der Waals surface area contributed by atoms with Gasteiger partial charge >= 0.3 is 0 Å². The van der Waals surface area contributed by atoms with E-state index in [4.69, 9.17) is 8.83 Å². The van der Waals surface area contributed by atoms with Gasteiger partial charge in [0, 0.05) is 69.9 Å². The smallest absolute Gasteiger partial charge is 0.143 e. The van der Waals surface area contributed by atoms with E-state index in [1.54, 1.807) is 0 Å². The molecule has 0 amide bonds. The van der Waals surface area contributed by atoms with E-state index in [2.05, 4.69) is 211 Å². The maximum Gasteiger partial charge on any atom is 0.143 e. The number of para-hydroxylation sites is 2. The van der Waals surface area contributed by atoms with Gasteiger partial charge in [-0.15, -0.1) is 11.3 Å². The van der Waals surface area contributed by atoms with Crippen LogP contribution < -0.4 is 4.90 Å². The molecule has 0 bridgehead atoms. The molecule has 15 rings (SSSR count). The van der Waals surface area contributed by atoms with Crippen molar-refractivity contribution < 1.29 is 8.83 Å². The third kappa shape index (κ3) is 4.63. The van der Waals surface area contributed by atoms with E-state index in [9.17, 15) is 0 Å². The lowest BCUT2D eigenvalue weighted by molar-refractivity contribution is 0.663. The fraction of sp³-hybridized carbons (Fsp3) is 0.0164. The zero-order valence-electron chi connectivity index (χ0n) is 34.9. The molecule has 0 radical (unpaired) electrons. The van der Waals surface area contributed by atoms with E-state index < -0.39 is 5.41 Å². The number of fused-ring (bicyclic) bond motifs is 20. The van der Waals surface area contributed by atoms with Crippen LogP contribution in [0.25, 0.3) is 97.4 Å². The Kier molecular flexibility index (Phi) is 7.03. The van der Waals surface area contributed by atoms with E-state index in [1.807, 2.05) is 17.4 Å². The highest BCUT2D eigenvalue weighted by Crippen LogP contribution is 2.63. The van der Waals surface area contributed by atoms with Crippen molar-refractivity contribution in [2.24, 2.45) is 0 Å². The molecule has 10 aromatic carbocycles. The number of benzene rings is 10. The third-order valence-corrected chi connectivity index (χ3v) is 15.5. The number of hydrogen-bond donors (Lipinski definition) is 0. The topological polar surface area (TPSA) is 29.5 Å². The quantitative estimate of drug-likeness (QED) is 0.177. The molecule has 13 aromatic rings. The van der Waals surface area contributed by atoms with Crippen molar-refractivity contribution in [3.8, 4) is 33.4 Å². The summed E-state index contributed by atoms with van der Waals surface area (Å²) in [5, 5.41) is 6.78. The first kappa shape index (κ1) is 35.3. The molecule has 3 heterocycles. The summed E-state index contributed by atoms with van der Waals surface area (Å²) >= 11 is 1.85. The Balaban J connectivity index is 1.06. The monoisotopic (exact) mass is 845 g/mol. The fourth-order valence-electron chi connectivity index (χ4n) is 11.7. The SMILES string of the molecule is c1ccc(N(c2ccc3c(c2)C2(c4ccccc4-c4ccccc42)c2ccccc2-3)c2cc(-c3cccc4c3sc3ccccc34)c3oc4ccc5oc6ccccc6c5c4c3c2)cc1. The van der Waals surface area contributed by atoms with Gasteiger partial charge in [0.2, 0.25) is 0 Å². The highest BCUT2D eigenvalue weighted by molar-refractivity contribution is 7.26. The second-order valence-corrected chi connectivity index (χ2v) is 18.5. The van der Waals surface area contributed by atoms with Crippen molar-refractivity contribution in [3.63, 3.8) is 0 Å². The zero-order chi connectivity index (χ0) is 42.4. The summed E-state index contributed by atoms with van der Waals surface area (Å²) in [7, 11) is 0. The summed E-state index contributed by atoms with van der Waals surface area (Å²) in [6.45, 7) is 0. The average Bonchev–Trinajstić information content (AvgIpc) is 4.17. The van der Waals surface area contributed by atoms with Gasteiger partial charge in [0.05, 0.1) is 5.41 Å². The largest absolute Gasteiger partial charge is 0.456 e. The fourth-order valence-corrected chi connectivity index (χ4v) is 12.9. The maximum atomic E-state index is 7.10. The molecule has 0 atom stereocenters. The first-order valence-electron chi connectivity index (χ1n) is 22.2. The number of furan rings is 2. The van der Waals surface area contributed by atoms with E-state index in [1.165, 1.54) is 64.7 Å². The first-order chi connectivity index (χ1) is 32.2. The molecule has 2 aliphatic carbocycles. The van der Waals surface area contributed by atoms with Gasteiger partial charge in [-0.25, -0.2) is 0 Å². The summed E-state index contributed by atoms with van der Waals surface area (Å²) in [6, 6.07) is 77.8. The number of anilines is 3. The van der Waals surface area contributed by atoms with Crippen LogP contribution in [-0.4, -0.2) is 0 Å². The second-order valence-electron chi connectivity index (χ2n) is 17.5. The molecule has 0 N–H and O–H groups in total. The Labute approximate surface area is 377 Å². The van der Waals surface area contributed by atoms with Crippen LogP contribution in [0.15, 0.2) is 221 Å². The van der Waals surface area contributed by atoms with Crippen molar-refractivity contribution in [2.75, 3.05) is 4.90 Å². The number of nitrogens with zero attached hydrogens (tertiary/aromatic N) is 1. The minimum absolute atomic E-state index is 0.474. The molecule has 0 fully saturated rings. The van der Waals surface area contributed by atoms with E-state index in [0.29, 0.717) is 0 Å². The Hall–Kier alpha value is -8.18. The zero-order valence-corrected chi connectivity index (χ0v) is 35.7. The minimum Gasteiger partial charge on any atom is -0.456 e. The van der Waals surface area contributed by atoms with Gasteiger partial charge in [0.1, 0.15) is 22.3 Å². The summed E-state index contributed by atoms with van der Waals surface area (Å²) in [5.41, 5.74) is 18.8. The van der Waals surface area contributed by atoms with Crippen LogP contribution in [0, 0.1) is 0 Å². The van der Waals surface area contributed by atoms with E-state index in [0.717, 1.165) is 72.1 Å². The highest BCUT2D eigenvalue weighted by Gasteiger charge is 2.51. The van der Waals surface area contributed by atoms with Gasteiger partial charge in [-0.3, -0.25) is 0 Å². The van der Waals surface area contributed by atoms with Crippen molar-refractivity contribution in [3.05, 3.63) is 235 Å². The predicted octanol–water partition coefficient (Wildman–Crippen LogP) is 17.3. The van der Waals surface area contributed by atoms with Gasteiger partial charge in [-0.1, -0.05) is 152 Å². The van der Waals surface area contributed by atoms with Crippen molar-refractivity contribution in [1.29, 1.82) is 0 Å². The maximum absolute atomic E-state index is 7.10. The van der Waals surface area contributed by atoms with Crippen molar-refractivity contribution in [2.45, 2.75) is 5.41 Å². The molecule has 65 heavy (non-hydrogen) atoms. The summed E-state index contributed by atoms with van der Waals surface area (Å²) in [5.74, 6) is 0. The molecule has 302 valence electrons. The van der Waals surface area contributed by atoms with Gasteiger partial charge in [0.15, 0.2) is 0 Å². The summed E-state index contributed by atoms with van der Waals surface area (Å²) in [6.07, 6.45) is 0. The molecular weight excluding hydrogens is 811 g/mol. The molecule has 3 aromatic heterocycles. The number of hydrogen-bond acceptors (Lipinski definition) is 4. The molecular formula is C61H35NO2S. The van der Waals surface area contributed by atoms with Gasteiger partial charge in [0.25, 0.3) is 0 Å². The van der Waals surface area contributed by atoms with Crippen molar-refractivity contribution in [1.82, 2.24) is 0 Å². The Morgan fingerprint density at radius 3 is 1.68 bits per heavy atom. The molecule has 2 aliphatic rings. The van der Waals surface area contributed by atoms with Crippen molar-refractivity contribution >= 4 is 92.4 Å². The molecule has 1 spiro atoms. The molecule has 0 unspecified atom stereocenters. The van der Waals surface area contributed by atoms with E-state index >= 15 is 0 Å². The van der Waals surface area contributed by atoms with Gasteiger partial charge in [-0.05, 0) is 105 Å². The highest BCUT2D eigenvalue weighted by atomic mass is 32.1. The normalized spacial score (nSPS) is 13.4. The third-order valence-electron chi connectivity index (χ3n) is 14.3. The standard InChI is InChI=1S/C61H35NO2S/c1-2-15-36(16-3-1)62(37-29-30-42-41-19-6-11-26-51(41)61(52(42)35-37)49-24-9-4-17-39(49)40-18-5-10-25-50(40)61)38-33-47(45-23-14-22-44-43-20-8-13-28-56(43)65-60(44)45)59-48(34-38)58-55(64-59)32-31-54-57(58)46-21-7-12-27-53(46)63-54/h1-35H. The second kappa shape index (κ2) is 12.9. The summed E-state index contributed by atoms with van der Waals surface area (Å²) in [4.78, 5) is 2.45. The molecule has 4 heteroatoms. The Morgan fingerprint density at radius 1 is 0.338 bits per heavy atom. The van der Waals surface area contributed by atoms with Crippen LogP contribution in [0.1, 0.15) is 22.3 Å². The minimum atomic E-state index is -0.474.